The quantitative estimate of drug-likeness (QED) is 0.710. The Bertz CT molecular complexity index is 1100. The zero-order valence-electron chi connectivity index (χ0n) is 16.4. The highest BCUT2D eigenvalue weighted by atomic mass is 19.1. The summed E-state index contributed by atoms with van der Waals surface area (Å²) in [6.07, 6.45) is 2.48. The zero-order chi connectivity index (χ0) is 21.3. The van der Waals surface area contributed by atoms with E-state index in [2.05, 4.69) is 37.6 Å². The third-order valence-corrected chi connectivity index (χ3v) is 5.04. The van der Waals surface area contributed by atoms with Crippen LogP contribution in [0.15, 0.2) is 42.1 Å². The van der Waals surface area contributed by atoms with Gasteiger partial charge in [0.2, 0.25) is 5.95 Å². The normalized spacial score (nSPS) is 14.2. The number of amides is 1. The largest absolute Gasteiger partial charge is 0.335 e. The Balaban J connectivity index is 1.52. The number of pyridine rings is 1. The first kappa shape index (κ1) is 19.6. The molecule has 1 amide bonds. The standard InChI is InChI=1S/C20H19F2N7O/c1-12-8-9-29(20-25-26-27-28(20)2)11-14(12)13-6-7-17(23-10-13)24-19(30)18-15(21)4-3-5-16(18)22/h3-7,10H,8-9,11H2,1-2H3,(H,23,24,30). The number of benzene rings is 1. The van der Waals surface area contributed by atoms with Crippen LogP contribution in [0.2, 0.25) is 0 Å². The molecule has 0 aliphatic carbocycles. The van der Waals surface area contributed by atoms with Crippen molar-refractivity contribution in [2.75, 3.05) is 23.3 Å². The summed E-state index contributed by atoms with van der Waals surface area (Å²) in [5.74, 6) is -1.85. The van der Waals surface area contributed by atoms with E-state index >= 15 is 0 Å². The number of nitrogens with zero attached hydrogens (tertiary/aromatic N) is 6. The number of halogens is 2. The number of tetrazole rings is 1. The van der Waals surface area contributed by atoms with Gasteiger partial charge in [0.25, 0.3) is 5.91 Å². The van der Waals surface area contributed by atoms with Crippen molar-refractivity contribution in [1.29, 1.82) is 0 Å². The second-order valence-electron chi connectivity index (χ2n) is 7.02. The van der Waals surface area contributed by atoms with Crippen LogP contribution >= 0.6 is 0 Å². The van der Waals surface area contributed by atoms with Gasteiger partial charge in [-0.1, -0.05) is 16.7 Å². The molecule has 1 aliphatic rings. The topological polar surface area (TPSA) is 88.8 Å². The van der Waals surface area contributed by atoms with Crippen LogP contribution in [0.5, 0.6) is 0 Å². The molecule has 0 saturated heterocycles. The van der Waals surface area contributed by atoms with Crippen LogP contribution in [0.25, 0.3) is 5.57 Å². The van der Waals surface area contributed by atoms with Crippen molar-refractivity contribution in [3.8, 4) is 0 Å². The summed E-state index contributed by atoms with van der Waals surface area (Å²) in [5.41, 5.74) is 2.58. The highest BCUT2D eigenvalue weighted by molar-refractivity contribution is 6.04. The van der Waals surface area contributed by atoms with Crippen molar-refractivity contribution in [2.24, 2.45) is 7.05 Å². The number of rotatable bonds is 4. The molecule has 30 heavy (non-hydrogen) atoms. The Hall–Kier alpha value is -3.69. The smallest absolute Gasteiger partial charge is 0.262 e. The zero-order valence-corrected chi connectivity index (χ0v) is 16.4. The van der Waals surface area contributed by atoms with Crippen LogP contribution in [-0.2, 0) is 7.05 Å². The molecular weight excluding hydrogens is 392 g/mol. The monoisotopic (exact) mass is 411 g/mol. The average molecular weight is 411 g/mol. The SMILES string of the molecule is CC1=C(c2ccc(NC(=O)c3c(F)cccc3F)nc2)CN(c2nnnn2C)CC1. The maximum atomic E-state index is 13.8. The van der Waals surface area contributed by atoms with Crippen LogP contribution < -0.4 is 10.2 Å². The first-order chi connectivity index (χ1) is 14.4. The summed E-state index contributed by atoms with van der Waals surface area (Å²) in [7, 11) is 1.79. The fraction of sp³-hybridized carbons (Fsp3) is 0.250. The van der Waals surface area contributed by atoms with Gasteiger partial charge in [-0.3, -0.25) is 4.79 Å². The van der Waals surface area contributed by atoms with Crippen molar-refractivity contribution in [1.82, 2.24) is 25.2 Å². The van der Waals surface area contributed by atoms with E-state index in [0.29, 0.717) is 12.5 Å². The predicted octanol–water partition coefficient (Wildman–Crippen LogP) is 2.82. The van der Waals surface area contributed by atoms with Gasteiger partial charge in [-0.2, -0.15) is 0 Å². The molecule has 0 radical (unpaired) electrons. The van der Waals surface area contributed by atoms with E-state index in [4.69, 9.17) is 0 Å². The summed E-state index contributed by atoms with van der Waals surface area (Å²) in [4.78, 5) is 18.6. The second-order valence-corrected chi connectivity index (χ2v) is 7.02. The van der Waals surface area contributed by atoms with Gasteiger partial charge in [0.15, 0.2) is 0 Å². The van der Waals surface area contributed by atoms with E-state index in [0.717, 1.165) is 36.2 Å². The molecule has 1 aromatic carbocycles. The second kappa shape index (κ2) is 7.97. The fourth-order valence-electron chi connectivity index (χ4n) is 3.40. The average Bonchev–Trinajstić information content (AvgIpc) is 3.15. The summed E-state index contributed by atoms with van der Waals surface area (Å²) in [6, 6.07) is 6.69. The van der Waals surface area contributed by atoms with Gasteiger partial charge in [-0.15, -0.1) is 0 Å². The van der Waals surface area contributed by atoms with Gasteiger partial charge in [0.1, 0.15) is 23.0 Å². The number of nitrogens with one attached hydrogen (secondary N) is 1. The molecule has 2 aromatic heterocycles. The molecule has 0 bridgehead atoms. The molecule has 154 valence electrons. The van der Waals surface area contributed by atoms with E-state index < -0.39 is 23.1 Å². The molecule has 1 N–H and O–H groups in total. The predicted molar refractivity (Wildman–Crippen MR) is 107 cm³/mol. The van der Waals surface area contributed by atoms with Crippen molar-refractivity contribution in [3.05, 3.63) is 64.9 Å². The summed E-state index contributed by atoms with van der Waals surface area (Å²) >= 11 is 0. The maximum Gasteiger partial charge on any atom is 0.262 e. The van der Waals surface area contributed by atoms with Crippen molar-refractivity contribution in [2.45, 2.75) is 13.3 Å². The number of carbonyl (C=O) groups is 1. The third kappa shape index (κ3) is 3.76. The van der Waals surface area contributed by atoms with E-state index in [-0.39, 0.29) is 5.82 Å². The van der Waals surface area contributed by atoms with Gasteiger partial charge in [-0.25, -0.2) is 18.4 Å². The highest BCUT2D eigenvalue weighted by Gasteiger charge is 2.22. The minimum absolute atomic E-state index is 0.204. The number of aromatic nitrogens is 5. The van der Waals surface area contributed by atoms with Crippen LogP contribution in [0.3, 0.4) is 0 Å². The molecule has 4 rings (SSSR count). The Morgan fingerprint density at radius 1 is 1.17 bits per heavy atom. The molecule has 10 heteroatoms. The molecule has 0 spiro atoms. The van der Waals surface area contributed by atoms with Gasteiger partial charge >= 0.3 is 0 Å². The molecule has 0 saturated carbocycles. The lowest BCUT2D eigenvalue weighted by atomic mass is 9.96. The molecule has 1 aliphatic heterocycles. The molecule has 0 unspecified atom stereocenters. The van der Waals surface area contributed by atoms with Crippen molar-refractivity contribution < 1.29 is 13.6 Å². The van der Waals surface area contributed by atoms with Crippen LogP contribution in [0, 0.1) is 11.6 Å². The Kier molecular flexibility index (Phi) is 5.21. The summed E-state index contributed by atoms with van der Waals surface area (Å²) in [6.45, 7) is 3.49. The first-order valence-corrected chi connectivity index (χ1v) is 9.31. The molecule has 8 nitrogen and oxygen atoms in total. The van der Waals surface area contributed by atoms with Crippen LogP contribution in [0.4, 0.5) is 20.5 Å². The van der Waals surface area contributed by atoms with Gasteiger partial charge in [0.05, 0.1) is 0 Å². The Morgan fingerprint density at radius 2 is 1.93 bits per heavy atom. The van der Waals surface area contributed by atoms with Gasteiger partial charge < -0.3 is 10.2 Å². The number of anilines is 2. The minimum Gasteiger partial charge on any atom is -0.335 e. The number of aryl methyl sites for hydroxylation is 1. The molecular formula is C20H19F2N7O. The maximum absolute atomic E-state index is 13.8. The molecule has 0 atom stereocenters. The number of carbonyl (C=O) groups excluding carboxylic acids is 1. The third-order valence-electron chi connectivity index (χ3n) is 5.04. The van der Waals surface area contributed by atoms with Gasteiger partial charge in [-0.05, 0) is 59.2 Å². The van der Waals surface area contributed by atoms with E-state index in [1.807, 2.05) is 6.07 Å². The van der Waals surface area contributed by atoms with Crippen LogP contribution in [0.1, 0.15) is 29.3 Å². The lowest BCUT2D eigenvalue weighted by Gasteiger charge is -2.30. The molecule has 0 fully saturated rings. The van der Waals surface area contributed by atoms with E-state index in [9.17, 15) is 13.6 Å². The Morgan fingerprint density at radius 3 is 2.57 bits per heavy atom. The molecule has 3 aromatic rings. The summed E-state index contributed by atoms with van der Waals surface area (Å²) in [5, 5.41) is 14.1. The first-order valence-electron chi connectivity index (χ1n) is 9.31. The van der Waals surface area contributed by atoms with E-state index in [1.165, 1.54) is 11.6 Å². The van der Waals surface area contributed by atoms with E-state index in [1.54, 1.807) is 24.0 Å². The molecule has 3 heterocycles. The van der Waals surface area contributed by atoms with Crippen molar-refractivity contribution in [3.63, 3.8) is 0 Å². The number of hydrogen-bond donors (Lipinski definition) is 1. The number of hydrogen-bond acceptors (Lipinski definition) is 6. The van der Waals surface area contributed by atoms with Crippen molar-refractivity contribution >= 4 is 23.2 Å². The fourth-order valence-corrected chi connectivity index (χ4v) is 3.40. The lowest BCUT2D eigenvalue weighted by molar-refractivity contribution is 0.101. The van der Waals surface area contributed by atoms with Gasteiger partial charge in [0, 0.05) is 26.3 Å². The minimum atomic E-state index is -0.925. The highest BCUT2D eigenvalue weighted by Crippen LogP contribution is 2.28. The Labute approximate surface area is 171 Å². The lowest BCUT2D eigenvalue weighted by Crippen LogP contribution is -2.33. The summed E-state index contributed by atoms with van der Waals surface area (Å²) < 4.78 is 29.2. The van der Waals surface area contributed by atoms with Crippen LogP contribution in [-0.4, -0.2) is 44.2 Å².